The third kappa shape index (κ3) is 4.11. The zero-order chi connectivity index (χ0) is 23.1. The van der Waals surface area contributed by atoms with Crippen molar-refractivity contribution in [3.63, 3.8) is 0 Å². The van der Waals surface area contributed by atoms with Crippen molar-refractivity contribution in [2.45, 2.75) is 51.6 Å². The number of aryl methyl sites for hydroxylation is 1. The highest BCUT2D eigenvalue weighted by Gasteiger charge is 2.56. The van der Waals surface area contributed by atoms with Gasteiger partial charge in [0.2, 0.25) is 11.8 Å². The number of aromatic nitrogens is 1. The van der Waals surface area contributed by atoms with Crippen LogP contribution in [0.15, 0.2) is 29.8 Å². The molecule has 2 fully saturated rings. The van der Waals surface area contributed by atoms with Gasteiger partial charge in [0.1, 0.15) is 5.92 Å². The Kier molecular flexibility index (Phi) is 5.98. The summed E-state index contributed by atoms with van der Waals surface area (Å²) >= 11 is 1.55. The van der Waals surface area contributed by atoms with E-state index in [0.29, 0.717) is 25.8 Å². The van der Waals surface area contributed by atoms with Crippen LogP contribution in [-0.4, -0.2) is 47.5 Å². The van der Waals surface area contributed by atoms with Crippen molar-refractivity contribution in [3.05, 3.63) is 40.4 Å². The number of amides is 2. The third-order valence-electron chi connectivity index (χ3n) is 7.44. The van der Waals surface area contributed by atoms with Gasteiger partial charge < -0.3 is 10.2 Å². The molecule has 0 bridgehead atoms. The molecule has 0 radical (unpaired) electrons. The van der Waals surface area contributed by atoms with Gasteiger partial charge in [0.25, 0.3) is 0 Å². The van der Waals surface area contributed by atoms with Gasteiger partial charge in [0.05, 0.1) is 11.2 Å². The Balaban J connectivity index is 1.55. The lowest BCUT2D eigenvalue weighted by atomic mass is 9.63. The van der Waals surface area contributed by atoms with Crippen LogP contribution >= 0.6 is 11.3 Å². The van der Waals surface area contributed by atoms with E-state index in [9.17, 15) is 22.8 Å². The van der Waals surface area contributed by atoms with Crippen LogP contribution in [0, 0.1) is 23.7 Å². The first kappa shape index (κ1) is 23.0. The van der Waals surface area contributed by atoms with Crippen LogP contribution in [0.5, 0.6) is 0 Å². The molecule has 9 heteroatoms. The smallest absolute Gasteiger partial charge is 0.355 e. The number of likely N-dealkylation sites (tertiary alicyclic amines) is 1. The van der Waals surface area contributed by atoms with Gasteiger partial charge >= 0.3 is 6.18 Å². The van der Waals surface area contributed by atoms with Crippen molar-refractivity contribution in [3.8, 4) is 0 Å². The molecule has 32 heavy (non-hydrogen) atoms. The van der Waals surface area contributed by atoms with Gasteiger partial charge in [-0.3, -0.25) is 9.59 Å². The highest BCUT2D eigenvalue weighted by Crippen LogP contribution is 2.51. The van der Waals surface area contributed by atoms with E-state index in [1.807, 2.05) is 6.92 Å². The molecule has 2 amide bonds. The van der Waals surface area contributed by atoms with E-state index >= 15 is 0 Å². The Morgan fingerprint density at radius 2 is 2.03 bits per heavy atom. The molecule has 1 aromatic heterocycles. The zero-order valence-corrected chi connectivity index (χ0v) is 19.1. The van der Waals surface area contributed by atoms with Gasteiger partial charge in [0, 0.05) is 42.3 Å². The first-order valence-corrected chi connectivity index (χ1v) is 11.8. The molecular weight excluding hydrogens is 439 g/mol. The molecule has 2 aliphatic heterocycles. The van der Waals surface area contributed by atoms with Crippen LogP contribution in [0.4, 0.5) is 13.2 Å². The topological polar surface area (TPSA) is 62.3 Å². The van der Waals surface area contributed by atoms with Gasteiger partial charge in [-0.2, -0.15) is 13.2 Å². The number of hydrogen-bond acceptors (Lipinski definition) is 4. The number of nitrogens with one attached hydrogen (secondary N) is 1. The fourth-order valence-corrected chi connectivity index (χ4v) is 6.63. The Hall–Kier alpha value is -2.16. The molecule has 0 aromatic carbocycles. The summed E-state index contributed by atoms with van der Waals surface area (Å²) in [5.41, 5.74) is 1.05. The van der Waals surface area contributed by atoms with Gasteiger partial charge in [-0.05, 0) is 31.6 Å². The van der Waals surface area contributed by atoms with E-state index in [1.165, 1.54) is 17.9 Å². The third-order valence-corrected chi connectivity index (χ3v) is 8.49. The number of carbonyl (C=O) groups excluding carboxylic acids is 2. The summed E-state index contributed by atoms with van der Waals surface area (Å²) in [7, 11) is 0. The molecule has 1 spiro atoms. The molecular formula is C23H28F3N3O2S. The summed E-state index contributed by atoms with van der Waals surface area (Å²) in [6, 6.07) is 0. The Labute approximate surface area is 189 Å². The molecule has 1 aromatic rings. The second kappa shape index (κ2) is 8.32. The summed E-state index contributed by atoms with van der Waals surface area (Å²) in [5.74, 6) is -2.92. The van der Waals surface area contributed by atoms with Gasteiger partial charge in [-0.1, -0.05) is 31.2 Å². The molecule has 1 N–H and O–H groups in total. The predicted octanol–water partition coefficient (Wildman–Crippen LogP) is 4.36. The lowest BCUT2D eigenvalue weighted by Gasteiger charge is -2.49. The molecule has 3 atom stereocenters. The van der Waals surface area contributed by atoms with E-state index < -0.39 is 23.4 Å². The maximum atomic E-state index is 14.1. The predicted molar refractivity (Wildman–Crippen MR) is 116 cm³/mol. The number of halogens is 3. The minimum atomic E-state index is -4.64. The molecule has 0 saturated carbocycles. The number of carbonyl (C=O) groups is 2. The minimum absolute atomic E-state index is 0.0389. The fourth-order valence-electron chi connectivity index (χ4n) is 5.59. The molecule has 2 saturated heterocycles. The first-order chi connectivity index (χ1) is 15.1. The van der Waals surface area contributed by atoms with Crippen LogP contribution in [0.25, 0.3) is 0 Å². The fraction of sp³-hybridized carbons (Fsp3) is 0.609. The number of allylic oxidation sites excluding steroid dienone is 4. The monoisotopic (exact) mass is 467 g/mol. The highest BCUT2D eigenvalue weighted by molar-refractivity contribution is 7.09. The van der Waals surface area contributed by atoms with Gasteiger partial charge in [0.15, 0.2) is 0 Å². The van der Waals surface area contributed by atoms with Crippen LogP contribution in [-0.2, 0) is 9.59 Å². The van der Waals surface area contributed by atoms with Crippen LogP contribution in [0.1, 0.15) is 49.1 Å². The summed E-state index contributed by atoms with van der Waals surface area (Å²) in [6.45, 7) is 4.39. The number of alkyl halides is 3. The quantitative estimate of drug-likeness (QED) is 0.718. The van der Waals surface area contributed by atoms with Crippen molar-refractivity contribution in [1.82, 2.24) is 15.2 Å². The van der Waals surface area contributed by atoms with Crippen LogP contribution in [0.3, 0.4) is 0 Å². The molecule has 5 nitrogen and oxygen atoms in total. The molecule has 1 aliphatic carbocycles. The standard InChI is InChI=1S/C23H28F3N3O2S/c1-15-18(32-14-28-15)16-13-27-17(30)12-22(16)8-10-29(11-9-22)20(31)19(23(24,25)26)21(2)6-4-3-5-7-21/h3-6,14,16,19H,7-13H2,1-2H3,(H,27,30)/t16?,19-,21?/m1/s1. The molecule has 174 valence electrons. The normalized spacial score (nSPS) is 28.6. The van der Waals surface area contributed by atoms with Crippen molar-refractivity contribution < 1.29 is 22.8 Å². The van der Waals surface area contributed by atoms with Crippen molar-refractivity contribution in [1.29, 1.82) is 0 Å². The van der Waals surface area contributed by atoms with E-state index in [0.717, 1.165) is 10.6 Å². The number of thiazole rings is 1. The van der Waals surface area contributed by atoms with Crippen molar-refractivity contribution in [2.75, 3.05) is 19.6 Å². The van der Waals surface area contributed by atoms with Crippen molar-refractivity contribution in [2.24, 2.45) is 16.7 Å². The minimum Gasteiger partial charge on any atom is -0.355 e. The summed E-state index contributed by atoms with van der Waals surface area (Å²) < 4.78 is 42.2. The first-order valence-electron chi connectivity index (χ1n) is 10.9. The summed E-state index contributed by atoms with van der Waals surface area (Å²) in [4.78, 5) is 32.3. The lowest BCUT2D eigenvalue weighted by molar-refractivity contribution is -0.207. The number of piperidine rings is 2. The second-order valence-electron chi connectivity index (χ2n) is 9.49. The van der Waals surface area contributed by atoms with Crippen LogP contribution in [0.2, 0.25) is 0 Å². The number of hydrogen-bond donors (Lipinski definition) is 1. The second-order valence-corrected chi connectivity index (χ2v) is 10.4. The average Bonchev–Trinajstić information content (AvgIpc) is 3.13. The van der Waals surface area contributed by atoms with Crippen LogP contribution < -0.4 is 5.32 Å². The van der Waals surface area contributed by atoms with E-state index in [-0.39, 0.29) is 36.8 Å². The van der Waals surface area contributed by atoms with Gasteiger partial charge in [-0.15, -0.1) is 11.3 Å². The zero-order valence-electron chi connectivity index (χ0n) is 18.2. The maximum Gasteiger partial charge on any atom is 0.401 e. The average molecular weight is 468 g/mol. The van der Waals surface area contributed by atoms with E-state index in [2.05, 4.69) is 10.3 Å². The van der Waals surface area contributed by atoms with E-state index in [4.69, 9.17) is 0 Å². The maximum absolute atomic E-state index is 14.1. The molecule has 2 unspecified atom stereocenters. The van der Waals surface area contributed by atoms with E-state index in [1.54, 1.807) is 35.1 Å². The molecule has 4 rings (SSSR count). The summed E-state index contributed by atoms with van der Waals surface area (Å²) in [6.07, 6.45) is 3.35. The molecule has 3 heterocycles. The largest absolute Gasteiger partial charge is 0.401 e. The molecule has 3 aliphatic rings. The number of rotatable bonds is 3. The highest BCUT2D eigenvalue weighted by atomic mass is 32.1. The SMILES string of the molecule is Cc1ncsc1C1CNC(=O)CC12CCN(C(=O)[C@@H](C(F)(F)F)C1(C)C=CC=CC1)CC2. The Morgan fingerprint density at radius 3 is 2.59 bits per heavy atom. The van der Waals surface area contributed by atoms with Gasteiger partial charge in [-0.25, -0.2) is 4.98 Å². The Morgan fingerprint density at radius 1 is 1.31 bits per heavy atom. The summed E-state index contributed by atoms with van der Waals surface area (Å²) in [5, 5.41) is 2.94. The van der Waals surface area contributed by atoms with Crippen molar-refractivity contribution >= 4 is 23.2 Å². The lowest BCUT2D eigenvalue weighted by Crippen LogP contribution is -2.56. The Bertz CT molecular complexity index is 947. The number of nitrogens with zero attached hydrogens (tertiary/aromatic N) is 2.